The molecule has 1 aliphatic carbocycles. The maximum atomic E-state index is 12.8. The van der Waals surface area contributed by atoms with E-state index in [4.69, 9.17) is 14.5 Å². The molecule has 0 radical (unpaired) electrons. The Morgan fingerprint density at radius 1 is 1.19 bits per heavy atom. The van der Waals surface area contributed by atoms with Crippen molar-refractivity contribution in [2.45, 2.75) is 45.2 Å². The van der Waals surface area contributed by atoms with E-state index in [9.17, 15) is 5.21 Å². The highest BCUT2D eigenvalue weighted by atomic mass is 32.1. The van der Waals surface area contributed by atoms with Crippen LogP contribution >= 0.6 is 11.3 Å². The number of imidazole rings is 1. The Labute approximate surface area is 214 Å². The molecule has 4 aromatic rings. The van der Waals surface area contributed by atoms with Crippen LogP contribution < -0.4 is 9.47 Å². The molecule has 8 heteroatoms. The summed E-state index contributed by atoms with van der Waals surface area (Å²) in [4.78, 5) is 6.07. The van der Waals surface area contributed by atoms with Gasteiger partial charge in [-0.1, -0.05) is 18.2 Å². The molecule has 0 bridgehead atoms. The predicted octanol–water partition coefficient (Wildman–Crippen LogP) is 6.06. The zero-order valence-electron chi connectivity index (χ0n) is 20.4. The molecule has 1 aliphatic heterocycles. The molecule has 2 aliphatic rings. The number of unbranched alkanes of at least 4 members (excludes halogenated alkanes) is 1. The molecule has 0 amide bonds. The van der Waals surface area contributed by atoms with Gasteiger partial charge in [-0.3, -0.25) is 0 Å². The van der Waals surface area contributed by atoms with Crippen molar-refractivity contribution in [2.75, 3.05) is 13.7 Å². The Bertz CT molecular complexity index is 1430. The molecule has 0 spiro atoms. The van der Waals surface area contributed by atoms with Gasteiger partial charge in [-0.25, -0.2) is 4.98 Å². The predicted molar refractivity (Wildman–Crippen MR) is 143 cm³/mol. The zero-order valence-corrected chi connectivity index (χ0v) is 21.2. The van der Waals surface area contributed by atoms with Crippen molar-refractivity contribution < 1.29 is 14.2 Å². The topological polar surface area (TPSA) is 67.3 Å². The van der Waals surface area contributed by atoms with Gasteiger partial charge in [0.2, 0.25) is 6.21 Å². The van der Waals surface area contributed by atoms with E-state index < -0.39 is 0 Å². The van der Waals surface area contributed by atoms with Crippen LogP contribution in [0.5, 0.6) is 11.5 Å². The summed E-state index contributed by atoms with van der Waals surface area (Å²) in [6.07, 6.45) is 10.7. The van der Waals surface area contributed by atoms with Gasteiger partial charge in [0.25, 0.3) is 0 Å². The highest BCUT2D eigenvalue weighted by molar-refractivity contribution is 7.13. The van der Waals surface area contributed by atoms with Crippen LogP contribution in [0.4, 0.5) is 0 Å². The maximum absolute atomic E-state index is 12.8. The van der Waals surface area contributed by atoms with Gasteiger partial charge in [0.1, 0.15) is 0 Å². The van der Waals surface area contributed by atoms with Crippen LogP contribution in [0.15, 0.2) is 59.7 Å². The van der Waals surface area contributed by atoms with Gasteiger partial charge in [0, 0.05) is 13.1 Å². The number of aromatic nitrogens is 3. The van der Waals surface area contributed by atoms with Crippen molar-refractivity contribution in [1.82, 2.24) is 14.1 Å². The number of para-hydroxylation sites is 2. The molecule has 186 valence electrons. The lowest BCUT2D eigenvalue weighted by atomic mass is 9.92. The molecule has 7 nitrogen and oxygen atoms in total. The summed E-state index contributed by atoms with van der Waals surface area (Å²) in [7, 11) is 1.64. The minimum atomic E-state index is 0.237. The smallest absolute Gasteiger partial charge is 0.208 e. The minimum absolute atomic E-state index is 0.237. The van der Waals surface area contributed by atoms with E-state index in [2.05, 4.69) is 50.9 Å². The summed E-state index contributed by atoms with van der Waals surface area (Å²) in [6.45, 7) is 2.22. The first-order valence-corrected chi connectivity index (χ1v) is 13.5. The molecule has 0 fully saturated rings. The van der Waals surface area contributed by atoms with Crippen molar-refractivity contribution in [3.8, 4) is 22.2 Å². The fraction of sp³-hybridized carbons (Fsp3) is 0.357. The Balaban J connectivity index is 1.14. The van der Waals surface area contributed by atoms with Crippen LogP contribution in [0, 0.1) is 11.1 Å². The zero-order chi connectivity index (χ0) is 24.5. The molecular formula is C28H30N4O3S. The van der Waals surface area contributed by atoms with Crippen LogP contribution in [0.3, 0.4) is 0 Å². The van der Waals surface area contributed by atoms with Crippen molar-refractivity contribution in [2.24, 2.45) is 5.92 Å². The third-order valence-corrected chi connectivity index (χ3v) is 7.98. The van der Waals surface area contributed by atoms with E-state index >= 15 is 0 Å². The van der Waals surface area contributed by atoms with Gasteiger partial charge in [0.15, 0.2) is 28.7 Å². The first kappa shape index (κ1) is 22.9. The van der Waals surface area contributed by atoms with E-state index in [-0.39, 0.29) is 5.92 Å². The number of hydroxylamine groups is 1. The van der Waals surface area contributed by atoms with Crippen molar-refractivity contribution in [3.63, 3.8) is 0 Å². The molecule has 0 N–H and O–H groups in total. The van der Waals surface area contributed by atoms with Crippen LogP contribution in [0.1, 0.15) is 37.8 Å². The summed E-state index contributed by atoms with van der Waals surface area (Å²) in [5.74, 6) is 2.60. The van der Waals surface area contributed by atoms with Crippen molar-refractivity contribution in [1.29, 1.82) is 0 Å². The fourth-order valence-corrected chi connectivity index (χ4v) is 6.10. The van der Waals surface area contributed by atoms with E-state index in [1.807, 2.05) is 12.3 Å². The third kappa shape index (κ3) is 4.19. The van der Waals surface area contributed by atoms with Gasteiger partial charge in [0.05, 0.1) is 41.7 Å². The lowest BCUT2D eigenvalue weighted by Gasteiger charge is -2.20. The quantitative estimate of drug-likeness (QED) is 0.167. The van der Waals surface area contributed by atoms with Gasteiger partial charge in [-0.15, -0.1) is 11.3 Å². The van der Waals surface area contributed by atoms with Crippen molar-refractivity contribution in [3.05, 3.63) is 70.6 Å². The second-order valence-corrected chi connectivity index (χ2v) is 10.3. The normalized spacial score (nSPS) is 17.2. The number of allylic oxidation sites excluding steroid dienone is 2. The Kier molecular flexibility index (Phi) is 6.27. The molecule has 0 saturated heterocycles. The number of benzene rings is 1. The van der Waals surface area contributed by atoms with E-state index in [0.29, 0.717) is 18.1 Å². The molecule has 0 saturated carbocycles. The number of ether oxygens (including phenoxy) is 2. The molecule has 6 rings (SSSR count). The number of thiophene rings is 1. The molecular weight excluding hydrogens is 472 g/mol. The molecule has 36 heavy (non-hydrogen) atoms. The standard InChI is InChI=1S/C28H30N4O3S/c1-34-27-24-18-32(33)22-11-4-2-9-20(22)17-30(24)19-25(27)35-15-7-6-14-31-23-12-5-3-10-21(23)29-28(31)26-13-8-16-36-26/h3,5,8,10-13,16,18-20H,2,4,6-7,9,14-15,17H2,1H3/t20-/m0/s1. The number of rotatable bonds is 8. The van der Waals surface area contributed by atoms with Gasteiger partial charge < -0.3 is 23.8 Å². The summed E-state index contributed by atoms with van der Waals surface area (Å²) in [5, 5.41) is 14.9. The Morgan fingerprint density at radius 2 is 2.11 bits per heavy atom. The monoisotopic (exact) mass is 502 g/mol. The van der Waals surface area contributed by atoms with E-state index in [0.717, 1.165) is 78.2 Å². The number of hydrogen-bond acceptors (Lipinski definition) is 5. The van der Waals surface area contributed by atoms with Gasteiger partial charge in [-0.2, -0.15) is 4.74 Å². The van der Waals surface area contributed by atoms with E-state index in [1.54, 1.807) is 24.7 Å². The maximum Gasteiger partial charge on any atom is 0.208 e. The average Bonchev–Trinajstić information content (AvgIpc) is 3.60. The van der Waals surface area contributed by atoms with E-state index in [1.165, 1.54) is 4.88 Å². The average molecular weight is 503 g/mol. The molecule has 1 atom stereocenters. The lowest BCUT2D eigenvalue weighted by molar-refractivity contribution is -0.406. The number of hydrogen-bond donors (Lipinski definition) is 0. The van der Waals surface area contributed by atoms with Crippen LogP contribution in [0.25, 0.3) is 21.7 Å². The first-order valence-electron chi connectivity index (χ1n) is 12.6. The van der Waals surface area contributed by atoms with Crippen LogP contribution in [-0.4, -0.2) is 38.8 Å². The van der Waals surface area contributed by atoms with Gasteiger partial charge >= 0.3 is 0 Å². The number of aryl methyl sites for hydroxylation is 1. The Morgan fingerprint density at radius 3 is 2.97 bits per heavy atom. The Hall–Kier alpha value is -3.52. The summed E-state index contributed by atoms with van der Waals surface area (Å²) < 4.78 is 17.3. The minimum Gasteiger partial charge on any atom is -0.618 e. The van der Waals surface area contributed by atoms with Crippen molar-refractivity contribution >= 4 is 28.6 Å². The highest BCUT2D eigenvalue weighted by Crippen LogP contribution is 2.37. The number of nitrogens with zero attached hydrogens (tertiary/aromatic N) is 4. The molecule has 4 heterocycles. The highest BCUT2D eigenvalue weighted by Gasteiger charge is 2.31. The third-order valence-electron chi connectivity index (χ3n) is 7.11. The summed E-state index contributed by atoms with van der Waals surface area (Å²) in [6, 6.07) is 12.5. The second-order valence-electron chi connectivity index (χ2n) is 9.38. The number of fused-ring (bicyclic) bond motifs is 3. The van der Waals surface area contributed by atoms with Gasteiger partial charge in [-0.05, 0) is 61.8 Å². The van der Waals surface area contributed by atoms with Crippen LogP contribution in [0.2, 0.25) is 0 Å². The SMILES string of the molecule is COc1c(OCCCCn2c(-c3cccs3)nc3ccccc32)cn2c1C=[N+]([O-])C1=CCCC[C@H]1C2. The fourth-order valence-electron chi connectivity index (χ4n) is 5.37. The molecule has 1 aromatic carbocycles. The first-order chi connectivity index (χ1) is 17.7. The molecule has 0 unspecified atom stereocenters. The number of methoxy groups -OCH3 is 1. The summed E-state index contributed by atoms with van der Waals surface area (Å²) >= 11 is 1.72. The lowest BCUT2D eigenvalue weighted by Crippen LogP contribution is -2.18. The second kappa shape index (κ2) is 9.85. The largest absolute Gasteiger partial charge is 0.618 e. The summed E-state index contributed by atoms with van der Waals surface area (Å²) in [5.41, 5.74) is 3.84. The molecule has 3 aromatic heterocycles. The van der Waals surface area contributed by atoms with Crippen LogP contribution in [-0.2, 0) is 13.1 Å².